The summed E-state index contributed by atoms with van der Waals surface area (Å²) in [6, 6.07) is 11.5. The lowest BCUT2D eigenvalue weighted by molar-refractivity contribution is 0.592. The molecule has 0 radical (unpaired) electrons. The van der Waals surface area contributed by atoms with Gasteiger partial charge in [0.25, 0.3) is 10.0 Å². The van der Waals surface area contributed by atoms with Gasteiger partial charge in [-0.3, -0.25) is 4.31 Å². The van der Waals surface area contributed by atoms with Crippen molar-refractivity contribution in [3.8, 4) is 0 Å². The number of halogens is 2. The fourth-order valence-corrected chi connectivity index (χ4v) is 3.98. The highest BCUT2D eigenvalue weighted by atomic mass is 35.5. The van der Waals surface area contributed by atoms with Crippen LogP contribution in [0, 0.1) is 6.92 Å². The average molecular weight is 344 g/mol. The average Bonchev–Trinajstić information content (AvgIpc) is 2.38. The Morgan fingerprint density at radius 1 is 1.00 bits per heavy atom. The smallest absolute Gasteiger partial charge is 0.264 e. The van der Waals surface area contributed by atoms with Gasteiger partial charge in [-0.25, -0.2) is 8.42 Å². The Labute approximate surface area is 135 Å². The van der Waals surface area contributed by atoms with Crippen molar-refractivity contribution < 1.29 is 8.42 Å². The molecular formula is C15H15Cl2NO2S. The maximum absolute atomic E-state index is 12.7. The van der Waals surface area contributed by atoms with Crippen LogP contribution in [0.2, 0.25) is 10.0 Å². The quantitative estimate of drug-likeness (QED) is 0.818. The van der Waals surface area contributed by atoms with E-state index < -0.39 is 10.0 Å². The van der Waals surface area contributed by atoms with Crippen LogP contribution < -0.4 is 4.31 Å². The zero-order valence-electron chi connectivity index (χ0n) is 11.7. The van der Waals surface area contributed by atoms with Crippen molar-refractivity contribution in [2.45, 2.75) is 18.7 Å². The summed E-state index contributed by atoms with van der Waals surface area (Å²) in [6.07, 6.45) is 0. The third kappa shape index (κ3) is 3.51. The first kappa shape index (κ1) is 16.1. The van der Waals surface area contributed by atoms with Gasteiger partial charge in [0.05, 0.1) is 10.6 Å². The zero-order valence-corrected chi connectivity index (χ0v) is 14.0. The van der Waals surface area contributed by atoms with Gasteiger partial charge in [0, 0.05) is 16.6 Å². The Kier molecular flexibility index (Phi) is 4.81. The predicted molar refractivity (Wildman–Crippen MR) is 87.8 cm³/mol. The van der Waals surface area contributed by atoms with Crippen LogP contribution in [0.15, 0.2) is 47.4 Å². The zero-order chi connectivity index (χ0) is 15.6. The van der Waals surface area contributed by atoms with Crippen LogP contribution in [0.4, 0.5) is 5.69 Å². The van der Waals surface area contributed by atoms with Crippen molar-refractivity contribution in [2.24, 2.45) is 0 Å². The lowest BCUT2D eigenvalue weighted by Gasteiger charge is -2.23. The molecule has 2 rings (SSSR count). The summed E-state index contributed by atoms with van der Waals surface area (Å²) in [5, 5.41) is 0.796. The van der Waals surface area contributed by atoms with Crippen molar-refractivity contribution >= 4 is 38.9 Å². The van der Waals surface area contributed by atoms with Gasteiger partial charge < -0.3 is 0 Å². The molecule has 0 aliphatic rings. The van der Waals surface area contributed by atoms with Crippen molar-refractivity contribution in [1.82, 2.24) is 0 Å². The summed E-state index contributed by atoms with van der Waals surface area (Å²) in [5.41, 5.74) is 1.46. The third-order valence-electron chi connectivity index (χ3n) is 3.03. The second-order valence-electron chi connectivity index (χ2n) is 4.61. The number of hydrogen-bond donors (Lipinski definition) is 0. The Morgan fingerprint density at radius 2 is 1.52 bits per heavy atom. The molecule has 0 N–H and O–H groups in total. The molecule has 0 aromatic heterocycles. The first-order valence-corrected chi connectivity index (χ1v) is 8.59. The van der Waals surface area contributed by atoms with Gasteiger partial charge in [-0.15, -0.1) is 0 Å². The van der Waals surface area contributed by atoms with E-state index in [1.807, 2.05) is 6.92 Å². The molecular weight excluding hydrogens is 329 g/mol. The summed E-state index contributed by atoms with van der Waals surface area (Å²) in [5.74, 6) is 0. The minimum Gasteiger partial charge on any atom is -0.267 e. The highest BCUT2D eigenvalue weighted by Gasteiger charge is 2.23. The molecule has 0 saturated carbocycles. The molecule has 112 valence electrons. The van der Waals surface area contributed by atoms with Crippen LogP contribution in [-0.2, 0) is 10.0 Å². The summed E-state index contributed by atoms with van der Waals surface area (Å²) in [7, 11) is -3.64. The van der Waals surface area contributed by atoms with E-state index in [0.29, 0.717) is 15.7 Å². The Hall–Kier alpha value is -1.23. The van der Waals surface area contributed by atoms with E-state index in [0.717, 1.165) is 5.56 Å². The first-order chi connectivity index (χ1) is 9.84. The van der Waals surface area contributed by atoms with E-state index in [4.69, 9.17) is 23.2 Å². The maximum atomic E-state index is 12.7. The van der Waals surface area contributed by atoms with Gasteiger partial charge >= 0.3 is 0 Å². The molecule has 0 bridgehead atoms. The second-order valence-corrected chi connectivity index (χ2v) is 7.35. The van der Waals surface area contributed by atoms with E-state index >= 15 is 0 Å². The topological polar surface area (TPSA) is 37.4 Å². The van der Waals surface area contributed by atoms with E-state index in [-0.39, 0.29) is 11.4 Å². The molecule has 2 aromatic carbocycles. The Morgan fingerprint density at radius 3 is 2.00 bits per heavy atom. The number of sulfonamides is 1. The molecule has 0 fully saturated rings. The fraction of sp³-hybridized carbons (Fsp3) is 0.200. The molecule has 0 unspecified atom stereocenters. The summed E-state index contributed by atoms with van der Waals surface area (Å²) >= 11 is 11.9. The standard InChI is InChI=1S/C15H15Cl2NO2S/c1-3-18(14-9-12(16)8-13(17)10-14)21(19,20)15-6-4-11(2)5-7-15/h4-10H,3H2,1-2H3. The van der Waals surface area contributed by atoms with Gasteiger partial charge in [0.1, 0.15) is 0 Å². The van der Waals surface area contributed by atoms with Crippen molar-refractivity contribution in [3.63, 3.8) is 0 Å². The van der Waals surface area contributed by atoms with Crippen LogP contribution >= 0.6 is 23.2 Å². The maximum Gasteiger partial charge on any atom is 0.264 e. The van der Waals surface area contributed by atoms with E-state index in [1.165, 1.54) is 4.31 Å². The Balaban J connectivity index is 2.51. The number of anilines is 1. The lowest BCUT2D eigenvalue weighted by atomic mass is 10.2. The molecule has 0 atom stereocenters. The number of hydrogen-bond acceptors (Lipinski definition) is 2. The number of nitrogens with zero attached hydrogens (tertiary/aromatic N) is 1. The largest absolute Gasteiger partial charge is 0.267 e. The molecule has 21 heavy (non-hydrogen) atoms. The molecule has 0 saturated heterocycles. The van der Waals surface area contributed by atoms with Crippen molar-refractivity contribution in [1.29, 1.82) is 0 Å². The molecule has 0 aliphatic carbocycles. The number of rotatable bonds is 4. The van der Waals surface area contributed by atoms with Crippen LogP contribution in [0.3, 0.4) is 0 Å². The van der Waals surface area contributed by atoms with E-state index in [9.17, 15) is 8.42 Å². The molecule has 0 aliphatic heterocycles. The van der Waals surface area contributed by atoms with Gasteiger partial charge in [-0.1, -0.05) is 40.9 Å². The minimum atomic E-state index is -3.64. The third-order valence-corrected chi connectivity index (χ3v) is 5.39. The van der Waals surface area contributed by atoms with E-state index in [1.54, 1.807) is 49.4 Å². The monoisotopic (exact) mass is 343 g/mol. The SMILES string of the molecule is CCN(c1cc(Cl)cc(Cl)c1)S(=O)(=O)c1ccc(C)cc1. The summed E-state index contributed by atoms with van der Waals surface area (Å²) in [6.45, 7) is 3.96. The molecule has 0 heterocycles. The van der Waals surface area contributed by atoms with Crippen molar-refractivity contribution in [3.05, 3.63) is 58.1 Å². The van der Waals surface area contributed by atoms with Gasteiger partial charge in [-0.05, 0) is 44.2 Å². The normalized spacial score (nSPS) is 11.4. The van der Waals surface area contributed by atoms with Crippen LogP contribution in [0.1, 0.15) is 12.5 Å². The second kappa shape index (κ2) is 6.26. The molecule has 6 heteroatoms. The van der Waals surface area contributed by atoms with Gasteiger partial charge in [0.2, 0.25) is 0 Å². The summed E-state index contributed by atoms with van der Waals surface area (Å²) in [4.78, 5) is 0.242. The van der Waals surface area contributed by atoms with Crippen LogP contribution in [0.25, 0.3) is 0 Å². The van der Waals surface area contributed by atoms with E-state index in [2.05, 4.69) is 0 Å². The Bertz CT molecular complexity index is 723. The van der Waals surface area contributed by atoms with Crippen LogP contribution in [-0.4, -0.2) is 15.0 Å². The van der Waals surface area contributed by atoms with Gasteiger partial charge in [-0.2, -0.15) is 0 Å². The van der Waals surface area contributed by atoms with Gasteiger partial charge in [0.15, 0.2) is 0 Å². The lowest BCUT2D eigenvalue weighted by Crippen LogP contribution is -2.30. The molecule has 2 aromatic rings. The fourth-order valence-electron chi connectivity index (χ4n) is 2.01. The number of benzene rings is 2. The first-order valence-electron chi connectivity index (χ1n) is 6.40. The van der Waals surface area contributed by atoms with Crippen molar-refractivity contribution in [2.75, 3.05) is 10.8 Å². The highest BCUT2D eigenvalue weighted by molar-refractivity contribution is 7.92. The molecule has 3 nitrogen and oxygen atoms in total. The minimum absolute atomic E-state index is 0.242. The highest BCUT2D eigenvalue weighted by Crippen LogP contribution is 2.29. The summed E-state index contributed by atoms with van der Waals surface area (Å²) < 4.78 is 26.8. The number of aryl methyl sites for hydroxylation is 1. The molecule has 0 amide bonds. The van der Waals surface area contributed by atoms with Crippen LogP contribution in [0.5, 0.6) is 0 Å². The molecule has 0 spiro atoms. The predicted octanol–water partition coefficient (Wildman–Crippen LogP) is 4.52.